The number of nitrogens with zero attached hydrogens (tertiary/aromatic N) is 1. The number of carbonyl (C=O) groups is 2. The van der Waals surface area contributed by atoms with Crippen LogP contribution in [0.15, 0.2) is 30.3 Å². The van der Waals surface area contributed by atoms with Crippen molar-refractivity contribution >= 4 is 44.8 Å². The number of nitrogens with one attached hydrogen (secondary N) is 1. The Morgan fingerprint density at radius 2 is 2.04 bits per heavy atom. The molecule has 0 radical (unpaired) electrons. The maximum Gasteiger partial charge on any atom is 0.335 e. The number of aromatic nitrogens is 1. The molecule has 0 saturated carbocycles. The van der Waals surface area contributed by atoms with Gasteiger partial charge < -0.3 is 16.2 Å². The Labute approximate surface area is 160 Å². The minimum absolute atomic E-state index is 0.165. The summed E-state index contributed by atoms with van der Waals surface area (Å²) in [7, 11) is 0. The van der Waals surface area contributed by atoms with Crippen molar-refractivity contribution in [2.75, 3.05) is 11.1 Å². The number of hydrogen-bond acceptors (Lipinski definition) is 5. The fourth-order valence-electron chi connectivity index (χ4n) is 3.43. The number of amides is 1. The maximum atomic E-state index is 12.7. The van der Waals surface area contributed by atoms with Crippen molar-refractivity contribution < 1.29 is 14.7 Å². The zero-order chi connectivity index (χ0) is 19.1. The molecule has 0 fully saturated rings. The van der Waals surface area contributed by atoms with Crippen LogP contribution >= 0.6 is 11.3 Å². The second kappa shape index (κ2) is 6.66. The Kier molecular flexibility index (Phi) is 4.31. The largest absolute Gasteiger partial charge is 0.478 e. The van der Waals surface area contributed by atoms with Crippen molar-refractivity contribution in [3.8, 4) is 0 Å². The second-order valence-corrected chi connectivity index (χ2v) is 7.98. The van der Waals surface area contributed by atoms with Gasteiger partial charge in [0.15, 0.2) is 0 Å². The average Bonchev–Trinajstić information content (AvgIpc) is 2.96. The summed E-state index contributed by atoms with van der Waals surface area (Å²) in [6.07, 6.45) is 3.08. The number of carboxylic acids is 1. The first-order valence-electron chi connectivity index (χ1n) is 8.78. The highest BCUT2D eigenvalue weighted by molar-refractivity contribution is 7.21. The summed E-state index contributed by atoms with van der Waals surface area (Å²) in [5.41, 5.74) is 9.72. The maximum absolute atomic E-state index is 12.7. The van der Waals surface area contributed by atoms with E-state index < -0.39 is 5.97 Å². The first kappa shape index (κ1) is 17.5. The zero-order valence-electron chi connectivity index (χ0n) is 14.8. The quantitative estimate of drug-likeness (QED) is 0.637. The van der Waals surface area contributed by atoms with Crippen molar-refractivity contribution in [2.24, 2.45) is 5.92 Å². The standard InChI is InChI=1S/C20H19N3O3S/c1-10-2-7-15-12(8-10)9-14-16(21)17(27-19(14)23-15)18(24)22-13-5-3-11(4-6-13)20(25)26/h3-6,9-10H,2,7-8,21H2,1H3,(H,22,24)(H,25,26). The highest BCUT2D eigenvalue weighted by atomic mass is 32.1. The molecular weight excluding hydrogens is 362 g/mol. The molecule has 7 heteroatoms. The number of rotatable bonds is 3. The summed E-state index contributed by atoms with van der Waals surface area (Å²) in [6.45, 7) is 2.23. The van der Waals surface area contributed by atoms with Gasteiger partial charge in [0.25, 0.3) is 5.91 Å². The van der Waals surface area contributed by atoms with E-state index in [2.05, 4.69) is 18.3 Å². The number of benzene rings is 1. The number of fused-ring (bicyclic) bond motifs is 2. The first-order chi connectivity index (χ1) is 12.9. The van der Waals surface area contributed by atoms with Gasteiger partial charge in [0.05, 0.1) is 11.3 Å². The van der Waals surface area contributed by atoms with Gasteiger partial charge in [-0.25, -0.2) is 9.78 Å². The van der Waals surface area contributed by atoms with Crippen LogP contribution in [0.3, 0.4) is 0 Å². The summed E-state index contributed by atoms with van der Waals surface area (Å²) < 4.78 is 0. The number of anilines is 2. The van der Waals surface area contributed by atoms with Crippen molar-refractivity contribution in [3.05, 3.63) is 52.0 Å². The summed E-state index contributed by atoms with van der Waals surface area (Å²) in [4.78, 5) is 29.5. The molecule has 4 rings (SSSR count). The van der Waals surface area contributed by atoms with Gasteiger partial charge in [-0.3, -0.25) is 4.79 Å². The van der Waals surface area contributed by atoms with Gasteiger partial charge in [-0.05, 0) is 61.1 Å². The van der Waals surface area contributed by atoms with Gasteiger partial charge in [-0.2, -0.15) is 0 Å². The van der Waals surface area contributed by atoms with Gasteiger partial charge in [0.1, 0.15) is 9.71 Å². The minimum Gasteiger partial charge on any atom is -0.478 e. The monoisotopic (exact) mass is 381 g/mol. The molecule has 1 aliphatic carbocycles. The molecule has 3 aromatic rings. The third kappa shape index (κ3) is 3.26. The van der Waals surface area contributed by atoms with E-state index in [0.29, 0.717) is 22.2 Å². The topological polar surface area (TPSA) is 105 Å². The molecule has 4 N–H and O–H groups in total. The molecule has 1 amide bonds. The molecule has 27 heavy (non-hydrogen) atoms. The summed E-state index contributed by atoms with van der Waals surface area (Å²) in [5, 5.41) is 12.6. The number of nitrogens with two attached hydrogens (primary N) is 1. The van der Waals surface area contributed by atoms with E-state index in [0.717, 1.165) is 35.2 Å². The van der Waals surface area contributed by atoms with E-state index in [9.17, 15) is 9.59 Å². The number of thiophene rings is 1. The molecule has 1 aliphatic rings. The Bertz CT molecular complexity index is 1060. The van der Waals surface area contributed by atoms with Crippen LogP contribution < -0.4 is 11.1 Å². The smallest absolute Gasteiger partial charge is 0.335 e. The van der Waals surface area contributed by atoms with Crippen molar-refractivity contribution in [1.82, 2.24) is 4.98 Å². The highest BCUT2D eigenvalue weighted by Gasteiger charge is 2.22. The summed E-state index contributed by atoms with van der Waals surface area (Å²) in [6, 6.07) is 8.09. The van der Waals surface area contributed by atoms with Gasteiger partial charge in [0, 0.05) is 16.8 Å². The normalized spacial score (nSPS) is 16.1. The Hall–Kier alpha value is -2.93. The Morgan fingerprint density at radius 3 is 2.74 bits per heavy atom. The minimum atomic E-state index is -1.01. The number of pyridine rings is 1. The van der Waals surface area contributed by atoms with Gasteiger partial charge in [0.2, 0.25) is 0 Å². The van der Waals surface area contributed by atoms with Crippen molar-refractivity contribution in [1.29, 1.82) is 0 Å². The predicted molar refractivity (Wildman–Crippen MR) is 107 cm³/mol. The molecule has 1 unspecified atom stereocenters. The van der Waals surface area contributed by atoms with E-state index in [1.54, 1.807) is 12.1 Å². The number of hydrogen-bond donors (Lipinski definition) is 3. The molecule has 2 heterocycles. The molecule has 0 aliphatic heterocycles. The molecule has 6 nitrogen and oxygen atoms in total. The third-order valence-corrected chi connectivity index (χ3v) is 6.04. The lowest BCUT2D eigenvalue weighted by Gasteiger charge is -2.20. The van der Waals surface area contributed by atoms with Gasteiger partial charge in [-0.15, -0.1) is 11.3 Å². The molecule has 0 bridgehead atoms. The number of nitrogen functional groups attached to an aromatic ring is 1. The molecule has 1 atom stereocenters. The molecule has 0 saturated heterocycles. The zero-order valence-corrected chi connectivity index (χ0v) is 15.6. The van der Waals surface area contributed by atoms with Crippen LogP contribution in [0.1, 0.15) is 44.6 Å². The van der Waals surface area contributed by atoms with Crippen molar-refractivity contribution in [2.45, 2.75) is 26.2 Å². The molecular formula is C20H19N3O3S. The average molecular weight is 381 g/mol. The third-order valence-electron chi connectivity index (χ3n) is 4.93. The lowest BCUT2D eigenvalue weighted by atomic mass is 9.87. The van der Waals surface area contributed by atoms with Crippen LogP contribution in [-0.2, 0) is 12.8 Å². The Morgan fingerprint density at radius 1 is 1.30 bits per heavy atom. The van der Waals surface area contributed by atoms with Crippen LogP contribution in [0.25, 0.3) is 10.2 Å². The predicted octanol–water partition coefficient (Wildman–Crippen LogP) is 3.95. The Balaban J connectivity index is 1.63. The van der Waals surface area contributed by atoms with Crippen LogP contribution in [0.5, 0.6) is 0 Å². The fourth-order valence-corrected chi connectivity index (χ4v) is 4.42. The number of carbonyl (C=O) groups excluding carboxylic acids is 1. The molecule has 138 valence electrons. The van der Waals surface area contributed by atoms with E-state index in [1.807, 2.05) is 0 Å². The van der Waals surface area contributed by atoms with E-state index >= 15 is 0 Å². The van der Waals surface area contributed by atoms with Gasteiger partial charge in [-0.1, -0.05) is 6.92 Å². The van der Waals surface area contributed by atoms with Crippen LogP contribution in [0.2, 0.25) is 0 Å². The first-order valence-corrected chi connectivity index (χ1v) is 9.59. The second-order valence-electron chi connectivity index (χ2n) is 6.98. The van der Waals surface area contributed by atoms with Crippen LogP contribution in [0.4, 0.5) is 11.4 Å². The summed E-state index contributed by atoms with van der Waals surface area (Å²) in [5.74, 6) is -0.691. The number of aromatic carboxylic acids is 1. The van der Waals surface area contributed by atoms with Gasteiger partial charge >= 0.3 is 5.97 Å². The SMILES string of the molecule is CC1CCc2nc3sc(C(=O)Nc4ccc(C(=O)O)cc4)c(N)c3cc2C1. The van der Waals surface area contributed by atoms with E-state index in [1.165, 1.54) is 29.0 Å². The van der Waals surface area contributed by atoms with Crippen molar-refractivity contribution in [3.63, 3.8) is 0 Å². The summed E-state index contributed by atoms with van der Waals surface area (Å²) >= 11 is 1.29. The highest BCUT2D eigenvalue weighted by Crippen LogP contribution is 2.36. The molecule has 0 spiro atoms. The van der Waals surface area contributed by atoms with Crippen LogP contribution in [-0.4, -0.2) is 22.0 Å². The number of aryl methyl sites for hydroxylation is 1. The molecule has 1 aromatic carbocycles. The fraction of sp³-hybridized carbons (Fsp3) is 0.250. The molecule has 2 aromatic heterocycles. The van der Waals surface area contributed by atoms with E-state index in [4.69, 9.17) is 15.8 Å². The number of carboxylic acid groups (broad SMARTS) is 1. The van der Waals surface area contributed by atoms with E-state index in [-0.39, 0.29) is 11.5 Å². The lowest BCUT2D eigenvalue weighted by Crippen LogP contribution is -2.13. The van der Waals surface area contributed by atoms with Crippen LogP contribution in [0, 0.1) is 5.92 Å². The lowest BCUT2D eigenvalue weighted by molar-refractivity contribution is 0.0696.